The molecule has 0 aliphatic carbocycles. The first-order chi connectivity index (χ1) is 13.1. The Morgan fingerprint density at radius 3 is 2.48 bits per heavy atom. The molecule has 4 rings (SSSR count). The van der Waals surface area contributed by atoms with Gasteiger partial charge in [0.2, 0.25) is 5.91 Å². The van der Waals surface area contributed by atoms with Crippen molar-refractivity contribution in [2.45, 2.75) is 51.7 Å². The summed E-state index contributed by atoms with van der Waals surface area (Å²) in [5.41, 5.74) is 0.546. The molecule has 140 valence electrons. The minimum absolute atomic E-state index is 0.0171. The minimum atomic E-state index is -0.212. The lowest BCUT2D eigenvalue weighted by molar-refractivity contribution is -0.138. The molecule has 2 aromatic heterocycles. The number of hydrogen-bond acceptors (Lipinski definition) is 4. The Morgan fingerprint density at radius 1 is 1.11 bits per heavy atom. The number of amides is 1. The quantitative estimate of drug-likeness (QED) is 0.691. The number of carbonyl (C=O) groups excluding carboxylic acids is 1. The normalized spacial score (nSPS) is 20.1. The van der Waals surface area contributed by atoms with E-state index in [0.717, 1.165) is 35.2 Å². The average molecular weight is 382 g/mol. The Balaban J connectivity index is 1.77. The van der Waals surface area contributed by atoms with E-state index < -0.39 is 0 Å². The highest BCUT2D eigenvalue weighted by molar-refractivity contribution is 7.13. The molecule has 2 unspecified atom stereocenters. The van der Waals surface area contributed by atoms with Crippen LogP contribution >= 0.6 is 11.3 Å². The van der Waals surface area contributed by atoms with Gasteiger partial charge in [0.05, 0.1) is 10.3 Å². The topological polar surface area (TPSA) is 55.2 Å². The van der Waals surface area contributed by atoms with Crippen molar-refractivity contribution in [2.75, 3.05) is 0 Å². The zero-order valence-electron chi connectivity index (χ0n) is 15.6. The van der Waals surface area contributed by atoms with Crippen LogP contribution in [0.3, 0.4) is 0 Å². The Kier molecular flexibility index (Phi) is 4.83. The second kappa shape index (κ2) is 7.27. The molecule has 1 saturated heterocycles. The van der Waals surface area contributed by atoms with Crippen LogP contribution in [0.5, 0.6) is 0 Å². The third-order valence-corrected chi connectivity index (χ3v) is 6.27. The predicted octanol–water partition coefficient (Wildman–Crippen LogP) is 3.91. The van der Waals surface area contributed by atoms with Gasteiger partial charge in [-0.2, -0.15) is 5.10 Å². The molecule has 3 heterocycles. The largest absolute Gasteiger partial charge is 0.336 e. The number of fused-ring (bicyclic) bond motifs is 1. The number of aromatic nitrogens is 2. The van der Waals surface area contributed by atoms with Crippen LogP contribution in [-0.4, -0.2) is 32.7 Å². The zero-order chi connectivity index (χ0) is 19.0. The molecule has 0 saturated carbocycles. The van der Waals surface area contributed by atoms with Crippen LogP contribution in [0, 0.1) is 0 Å². The van der Waals surface area contributed by atoms with Gasteiger partial charge in [-0.25, -0.2) is 4.68 Å². The fourth-order valence-corrected chi connectivity index (χ4v) is 4.78. The Morgan fingerprint density at radius 2 is 1.81 bits per heavy atom. The summed E-state index contributed by atoms with van der Waals surface area (Å²) in [6, 6.07) is 11.8. The van der Waals surface area contributed by atoms with E-state index in [2.05, 4.69) is 18.9 Å². The molecule has 1 aliphatic heterocycles. The maximum Gasteiger partial charge on any atom is 0.275 e. The summed E-state index contributed by atoms with van der Waals surface area (Å²) in [5, 5.41) is 8.01. The van der Waals surface area contributed by atoms with Crippen molar-refractivity contribution >= 4 is 28.0 Å². The highest BCUT2D eigenvalue weighted by Crippen LogP contribution is 2.28. The molecule has 1 aliphatic rings. The predicted molar refractivity (Wildman–Crippen MR) is 109 cm³/mol. The standard InChI is InChI=1S/C21H23N3O2S/c1-14-7-5-8-15(2)24(14)19(25)13-23-21(26)17-10-4-3-9-16(17)20(22-23)18-11-6-12-27-18/h3-4,6,9-12,14-15H,5,7-8,13H2,1-2H3. The fourth-order valence-electron chi connectivity index (χ4n) is 4.06. The third-order valence-electron chi connectivity index (χ3n) is 5.39. The summed E-state index contributed by atoms with van der Waals surface area (Å²) >= 11 is 1.58. The first kappa shape index (κ1) is 17.9. The number of hydrogen-bond donors (Lipinski definition) is 0. The second-order valence-corrected chi connectivity index (χ2v) is 8.21. The van der Waals surface area contributed by atoms with E-state index in [1.54, 1.807) is 11.3 Å². The molecule has 0 radical (unpaired) electrons. The van der Waals surface area contributed by atoms with Crippen LogP contribution in [-0.2, 0) is 11.3 Å². The number of rotatable bonds is 3. The van der Waals surface area contributed by atoms with Crippen molar-refractivity contribution in [2.24, 2.45) is 0 Å². The molecule has 0 spiro atoms. The van der Waals surface area contributed by atoms with Gasteiger partial charge in [0.15, 0.2) is 0 Å². The maximum absolute atomic E-state index is 13.0. The number of thiophene rings is 1. The third kappa shape index (κ3) is 3.30. The van der Waals surface area contributed by atoms with Crippen LogP contribution < -0.4 is 5.56 Å². The van der Waals surface area contributed by atoms with Gasteiger partial charge in [-0.1, -0.05) is 24.3 Å². The molecular formula is C21H23N3O2S. The first-order valence-corrected chi connectivity index (χ1v) is 10.3. The number of benzene rings is 1. The highest BCUT2D eigenvalue weighted by atomic mass is 32.1. The number of carbonyl (C=O) groups is 1. The molecule has 6 heteroatoms. The average Bonchev–Trinajstić information content (AvgIpc) is 3.18. The summed E-state index contributed by atoms with van der Waals surface area (Å²) in [5.74, 6) is -0.0308. The SMILES string of the molecule is CC1CCCC(C)N1C(=O)Cn1nc(-c2cccs2)c2ccccc2c1=O. The molecular weight excluding hydrogens is 358 g/mol. The fraction of sp³-hybridized carbons (Fsp3) is 0.381. The van der Waals surface area contributed by atoms with Gasteiger partial charge in [-0.3, -0.25) is 9.59 Å². The van der Waals surface area contributed by atoms with E-state index in [4.69, 9.17) is 0 Å². The van der Waals surface area contributed by atoms with Crippen molar-refractivity contribution in [3.8, 4) is 10.6 Å². The van der Waals surface area contributed by atoms with Gasteiger partial charge in [-0.05, 0) is 50.6 Å². The van der Waals surface area contributed by atoms with Crippen LogP contribution in [0.4, 0.5) is 0 Å². The van der Waals surface area contributed by atoms with E-state index in [-0.39, 0.29) is 30.1 Å². The lowest BCUT2D eigenvalue weighted by Crippen LogP contribution is -2.49. The van der Waals surface area contributed by atoms with E-state index in [0.29, 0.717) is 5.39 Å². The highest BCUT2D eigenvalue weighted by Gasteiger charge is 2.29. The molecule has 3 aromatic rings. The van der Waals surface area contributed by atoms with Gasteiger partial charge in [0.1, 0.15) is 12.2 Å². The van der Waals surface area contributed by atoms with Crippen LogP contribution in [0.1, 0.15) is 33.1 Å². The van der Waals surface area contributed by atoms with Crippen LogP contribution in [0.2, 0.25) is 0 Å². The van der Waals surface area contributed by atoms with E-state index in [1.165, 1.54) is 4.68 Å². The van der Waals surface area contributed by atoms with Gasteiger partial charge in [-0.15, -0.1) is 11.3 Å². The van der Waals surface area contributed by atoms with E-state index in [9.17, 15) is 9.59 Å². The Hall–Kier alpha value is -2.47. The van der Waals surface area contributed by atoms with Crippen molar-refractivity contribution in [1.82, 2.24) is 14.7 Å². The smallest absolute Gasteiger partial charge is 0.275 e. The molecule has 0 bridgehead atoms. The number of nitrogens with zero attached hydrogens (tertiary/aromatic N) is 3. The molecule has 2 atom stereocenters. The number of likely N-dealkylation sites (tertiary alicyclic amines) is 1. The molecule has 5 nitrogen and oxygen atoms in total. The summed E-state index contributed by atoms with van der Waals surface area (Å²) in [6.45, 7) is 4.15. The monoisotopic (exact) mass is 381 g/mol. The zero-order valence-corrected chi connectivity index (χ0v) is 16.4. The van der Waals surface area contributed by atoms with Gasteiger partial charge in [0.25, 0.3) is 5.56 Å². The summed E-state index contributed by atoms with van der Waals surface area (Å²) in [4.78, 5) is 28.9. The van der Waals surface area contributed by atoms with Gasteiger partial charge in [0, 0.05) is 17.5 Å². The van der Waals surface area contributed by atoms with Crippen molar-refractivity contribution in [3.05, 3.63) is 52.1 Å². The molecule has 1 aromatic carbocycles. The Bertz CT molecular complexity index is 1020. The lowest BCUT2D eigenvalue weighted by Gasteiger charge is -2.39. The first-order valence-electron chi connectivity index (χ1n) is 9.41. The van der Waals surface area contributed by atoms with Crippen LogP contribution in [0.15, 0.2) is 46.6 Å². The second-order valence-electron chi connectivity index (χ2n) is 7.26. The summed E-state index contributed by atoms with van der Waals surface area (Å²) in [6.07, 6.45) is 3.16. The van der Waals surface area contributed by atoms with Gasteiger partial charge >= 0.3 is 0 Å². The lowest BCUT2D eigenvalue weighted by atomic mass is 9.97. The van der Waals surface area contributed by atoms with E-state index in [1.807, 2.05) is 46.7 Å². The van der Waals surface area contributed by atoms with Crippen molar-refractivity contribution in [1.29, 1.82) is 0 Å². The Labute approximate surface area is 162 Å². The molecule has 1 amide bonds. The van der Waals surface area contributed by atoms with Crippen LogP contribution in [0.25, 0.3) is 21.3 Å². The van der Waals surface area contributed by atoms with Gasteiger partial charge < -0.3 is 4.90 Å². The maximum atomic E-state index is 13.0. The van der Waals surface area contributed by atoms with Crippen molar-refractivity contribution in [3.63, 3.8) is 0 Å². The molecule has 0 N–H and O–H groups in total. The van der Waals surface area contributed by atoms with E-state index >= 15 is 0 Å². The number of piperidine rings is 1. The molecule has 27 heavy (non-hydrogen) atoms. The summed E-state index contributed by atoms with van der Waals surface area (Å²) < 4.78 is 1.34. The van der Waals surface area contributed by atoms with Crippen molar-refractivity contribution < 1.29 is 4.79 Å². The molecule has 1 fully saturated rings. The summed E-state index contributed by atoms with van der Waals surface area (Å²) in [7, 11) is 0. The minimum Gasteiger partial charge on any atom is -0.336 e.